The first-order chi connectivity index (χ1) is 12.4. The van der Waals surface area contributed by atoms with Crippen molar-refractivity contribution in [2.45, 2.75) is 26.2 Å². The summed E-state index contributed by atoms with van der Waals surface area (Å²) < 4.78 is 2.26. The van der Waals surface area contributed by atoms with Crippen LogP contribution in [0, 0.1) is 0 Å². The van der Waals surface area contributed by atoms with E-state index in [2.05, 4.69) is 55.2 Å². The molecule has 2 heterocycles. The molecule has 0 fully saturated rings. The van der Waals surface area contributed by atoms with Gasteiger partial charge in [-0.2, -0.15) is 0 Å². The van der Waals surface area contributed by atoms with E-state index in [1.165, 1.54) is 16.9 Å². The lowest BCUT2D eigenvalue weighted by Gasteiger charge is -2.18. The van der Waals surface area contributed by atoms with Crippen molar-refractivity contribution in [1.82, 2.24) is 14.6 Å². The van der Waals surface area contributed by atoms with Crippen LogP contribution >= 0.6 is 11.3 Å². The monoisotopic (exact) mass is 361 g/mol. The number of rotatable bonds is 2. The molecule has 0 unspecified atom stereocenters. The molecular weight excluding hydrogens is 342 g/mol. The molecule has 4 aromatic rings. The van der Waals surface area contributed by atoms with Crippen molar-refractivity contribution in [3.63, 3.8) is 0 Å². The van der Waals surface area contributed by atoms with E-state index in [1.54, 1.807) is 4.40 Å². The summed E-state index contributed by atoms with van der Waals surface area (Å²) in [7, 11) is 0. The number of aromatic nitrogens is 3. The van der Waals surface area contributed by atoms with Crippen molar-refractivity contribution < 1.29 is 0 Å². The largest absolute Gasteiger partial charge is 0.276 e. The van der Waals surface area contributed by atoms with Crippen molar-refractivity contribution in [3.05, 3.63) is 80.6 Å². The van der Waals surface area contributed by atoms with Gasteiger partial charge in [0.25, 0.3) is 5.56 Å². The Morgan fingerprint density at radius 3 is 2.31 bits per heavy atom. The number of thiazole rings is 1. The minimum atomic E-state index is -0.0752. The van der Waals surface area contributed by atoms with E-state index in [0.29, 0.717) is 15.3 Å². The van der Waals surface area contributed by atoms with Gasteiger partial charge in [0.15, 0.2) is 5.82 Å². The first kappa shape index (κ1) is 16.7. The van der Waals surface area contributed by atoms with Crippen molar-refractivity contribution in [2.75, 3.05) is 0 Å². The van der Waals surface area contributed by atoms with Crippen molar-refractivity contribution in [2.24, 2.45) is 0 Å². The minimum Gasteiger partial charge on any atom is -0.267 e. The molecule has 0 N–H and O–H groups in total. The fourth-order valence-corrected chi connectivity index (χ4v) is 3.78. The van der Waals surface area contributed by atoms with Gasteiger partial charge in [-0.1, -0.05) is 86.7 Å². The van der Waals surface area contributed by atoms with Crippen LogP contribution in [0.15, 0.2) is 59.4 Å². The molecule has 0 radical (unpaired) electrons. The molecule has 26 heavy (non-hydrogen) atoms. The van der Waals surface area contributed by atoms with Gasteiger partial charge in [-0.15, -0.1) is 10.2 Å². The third-order valence-corrected chi connectivity index (χ3v) is 5.31. The first-order valence-electron chi connectivity index (χ1n) is 8.49. The summed E-state index contributed by atoms with van der Waals surface area (Å²) >= 11 is 1.37. The van der Waals surface area contributed by atoms with E-state index in [1.807, 2.05) is 36.4 Å². The highest BCUT2D eigenvalue weighted by Gasteiger charge is 2.14. The molecule has 0 bridgehead atoms. The van der Waals surface area contributed by atoms with Crippen LogP contribution in [0.5, 0.6) is 0 Å². The number of hydrogen-bond acceptors (Lipinski definition) is 4. The zero-order chi connectivity index (χ0) is 18.3. The van der Waals surface area contributed by atoms with E-state index < -0.39 is 0 Å². The normalized spacial score (nSPS) is 12.8. The number of benzene rings is 2. The van der Waals surface area contributed by atoms with Crippen LogP contribution in [0.1, 0.15) is 31.9 Å². The first-order valence-corrected chi connectivity index (χ1v) is 9.31. The summed E-state index contributed by atoms with van der Waals surface area (Å²) in [6.07, 6.45) is 1.92. The summed E-state index contributed by atoms with van der Waals surface area (Å²) in [4.78, 5) is 13.5. The highest BCUT2D eigenvalue weighted by atomic mass is 32.1. The average molecular weight is 361 g/mol. The Bertz CT molecular complexity index is 1170. The number of hydrogen-bond donors (Lipinski definition) is 0. The predicted molar refractivity (Wildman–Crippen MR) is 106 cm³/mol. The topological polar surface area (TPSA) is 47.3 Å². The Kier molecular flexibility index (Phi) is 3.96. The molecule has 0 aliphatic heterocycles. The lowest BCUT2D eigenvalue weighted by molar-refractivity contribution is 0.590. The van der Waals surface area contributed by atoms with Crippen LogP contribution < -0.4 is 10.1 Å². The highest BCUT2D eigenvalue weighted by molar-refractivity contribution is 7.15. The Labute approximate surface area is 155 Å². The molecule has 4 nitrogen and oxygen atoms in total. The van der Waals surface area contributed by atoms with Crippen LogP contribution in [0.3, 0.4) is 0 Å². The average Bonchev–Trinajstić information content (AvgIpc) is 3.16. The molecule has 2 aromatic carbocycles. The van der Waals surface area contributed by atoms with Gasteiger partial charge in [-0.05, 0) is 22.6 Å². The molecule has 5 heteroatoms. The molecule has 0 aliphatic carbocycles. The minimum absolute atomic E-state index is 0.0752. The summed E-state index contributed by atoms with van der Waals surface area (Å²) in [6.45, 7) is 6.57. The van der Waals surface area contributed by atoms with E-state index >= 15 is 0 Å². The van der Waals surface area contributed by atoms with Crippen molar-refractivity contribution in [1.29, 1.82) is 0 Å². The molecule has 0 atom stereocenters. The quantitative estimate of drug-likeness (QED) is 0.547. The van der Waals surface area contributed by atoms with Crippen LogP contribution in [0.4, 0.5) is 0 Å². The zero-order valence-corrected chi connectivity index (χ0v) is 15.7. The molecule has 2 aromatic heterocycles. The fraction of sp³-hybridized carbons (Fsp3) is 0.190. The van der Waals surface area contributed by atoms with Gasteiger partial charge in [-0.3, -0.25) is 4.79 Å². The maximum Gasteiger partial charge on any atom is 0.276 e. The van der Waals surface area contributed by atoms with Gasteiger partial charge < -0.3 is 0 Å². The Morgan fingerprint density at radius 1 is 0.962 bits per heavy atom. The van der Waals surface area contributed by atoms with E-state index in [4.69, 9.17) is 0 Å². The molecule has 0 amide bonds. The fourth-order valence-electron chi connectivity index (χ4n) is 2.87. The van der Waals surface area contributed by atoms with Gasteiger partial charge in [-0.25, -0.2) is 4.40 Å². The molecule has 0 spiro atoms. The smallest absolute Gasteiger partial charge is 0.267 e. The third kappa shape index (κ3) is 2.95. The lowest BCUT2D eigenvalue weighted by Crippen LogP contribution is -2.23. The third-order valence-electron chi connectivity index (χ3n) is 4.35. The summed E-state index contributed by atoms with van der Waals surface area (Å²) in [5, 5.41) is 8.36. The van der Waals surface area contributed by atoms with E-state index in [9.17, 15) is 4.79 Å². The number of fused-ring (bicyclic) bond motifs is 1. The predicted octanol–water partition coefficient (Wildman–Crippen LogP) is 3.66. The van der Waals surface area contributed by atoms with Crippen LogP contribution in [0.2, 0.25) is 0 Å². The van der Waals surface area contributed by atoms with Crippen molar-refractivity contribution >= 4 is 22.4 Å². The Morgan fingerprint density at radius 2 is 1.65 bits per heavy atom. The Hall–Kier alpha value is -2.79. The van der Waals surface area contributed by atoms with E-state index in [0.717, 1.165) is 11.1 Å². The summed E-state index contributed by atoms with van der Waals surface area (Å²) in [5.41, 5.74) is 3.20. The standard InChI is InChI=1S/C21H19N3OS/c1-21(2,3)16-11-9-14(10-12-16)13-17-19(25)24-18(22-23-20(24)26-17)15-7-5-4-6-8-15/h4-13H,1-3H3/b17-13+. The van der Waals surface area contributed by atoms with Gasteiger partial charge in [0.2, 0.25) is 4.96 Å². The van der Waals surface area contributed by atoms with Crippen LogP contribution in [-0.2, 0) is 5.41 Å². The van der Waals surface area contributed by atoms with Crippen molar-refractivity contribution in [3.8, 4) is 11.4 Å². The second-order valence-electron chi connectivity index (χ2n) is 7.30. The maximum absolute atomic E-state index is 12.9. The van der Waals surface area contributed by atoms with Crippen LogP contribution in [0.25, 0.3) is 22.4 Å². The lowest BCUT2D eigenvalue weighted by atomic mass is 9.87. The molecule has 0 saturated carbocycles. The second-order valence-corrected chi connectivity index (χ2v) is 8.30. The molecule has 130 valence electrons. The molecule has 0 saturated heterocycles. The highest BCUT2D eigenvalue weighted by Crippen LogP contribution is 2.22. The molecular formula is C21H19N3OS. The second kappa shape index (κ2) is 6.18. The SMILES string of the molecule is CC(C)(C)c1ccc(/C=c2/sc3nnc(-c4ccccc4)n3c2=O)cc1. The maximum atomic E-state index is 12.9. The summed E-state index contributed by atoms with van der Waals surface area (Å²) in [6, 6.07) is 18.0. The number of nitrogens with zero attached hydrogens (tertiary/aromatic N) is 3. The van der Waals surface area contributed by atoms with Gasteiger partial charge in [0.05, 0.1) is 4.53 Å². The van der Waals surface area contributed by atoms with Gasteiger partial charge in [0.1, 0.15) is 0 Å². The van der Waals surface area contributed by atoms with Crippen LogP contribution in [-0.4, -0.2) is 14.6 Å². The molecule has 0 aliphatic rings. The summed E-state index contributed by atoms with van der Waals surface area (Å²) in [5.74, 6) is 0.588. The van der Waals surface area contributed by atoms with Gasteiger partial charge >= 0.3 is 0 Å². The molecule has 4 rings (SSSR count). The van der Waals surface area contributed by atoms with E-state index in [-0.39, 0.29) is 11.0 Å². The van der Waals surface area contributed by atoms with Gasteiger partial charge in [0, 0.05) is 5.56 Å². The Balaban J connectivity index is 1.81. The zero-order valence-electron chi connectivity index (χ0n) is 14.9.